The van der Waals surface area contributed by atoms with Crippen LogP contribution in [0.1, 0.15) is 46.2 Å². The first-order valence-electron chi connectivity index (χ1n) is 17.8. The van der Waals surface area contributed by atoms with Gasteiger partial charge in [0.2, 0.25) is 0 Å². The molecule has 2 heterocycles. The largest absolute Gasteiger partial charge is 0.371 e. The van der Waals surface area contributed by atoms with Gasteiger partial charge in [0.05, 0.1) is 23.1 Å². The van der Waals surface area contributed by atoms with Crippen molar-refractivity contribution in [3.63, 3.8) is 0 Å². The minimum atomic E-state index is -0.265. The number of hydrogen-bond acceptors (Lipinski definition) is 5. The zero-order chi connectivity index (χ0) is 34.7. The molecule has 9 rings (SSSR count). The van der Waals surface area contributed by atoms with Crippen molar-refractivity contribution in [2.45, 2.75) is 18.4 Å². The topological polar surface area (TPSA) is 60.8 Å². The van der Waals surface area contributed by atoms with Gasteiger partial charge >= 0.3 is 0 Å². The van der Waals surface area contributed by atoms with Gasteiger partial charge in [0, 0.05) is 5.56 Å². The molecule has 7 aromatic carbocycles. The molecule has 0 aliphatic carbocycles. The molecule has 0 radical (unpaired) electrons. The predicted octanol–water partition coefficient (Wildman–Crippen LogP) is 10.6. The van der Waals surface area contributed by atoms with Gasteiger partial charge in [0.25, 0.3) is 0 Å². The van der Waals surface area contributed by atoms with Crippen molar-refractivity contribution in [1.29, 1.82) is 0 Å². The van der Waals surface area contributed by atoms with Crippen LogP contribution < -0.4 is 16.0 Å². The summed E-state index contributed by atoms with van der Waals surface area (Å²) in [4.78, 5) is 10.4. The van der Waals surface area contributed by atoms with Crippen LogP contribution in [0, 0.1) is 0 Å². The number of benzene rings is 7. The Morgan fingerprint density at radius 3 is 1.63 bits per heavy atom. The van der Waals surface area contributed by atoms with Gasteiger partial charge in [-0.3, -0.25) is 5.32 Å². The molecule has 5 heteroatoms. The van der Waals surface area contributed by atoms with Gasteiger partial charge in [-0.2, -0.15) is 0 Å². The Labute approximate surface area is 304 Å². The molecule has 0 fully saturated rings. The highest BCUT2D eigenvalue weighted by Crippen LogP contribution is 2.37. The maximum Gasteiger partial charge on any atom is 0.131 e. The molecule has 2 aliphatic heterocycles. The maximum absolute atomic E-state index is 5.30. The molecule has 3 atom stereocenters. The molecule has 0 saturated carbocycles. The van der Waals surface area contributed by atoms with E-state index in [-0.39, 0.29) is 18.4 Å². The summed E-state index contributed by atoms with van der Waals surface area (Å²) in [6.45, 7) is 0. The Morgan fingerprint density at radius 2 is 0.962 bits per heavy atom. The molecule has 3 N–H and O–H groups in total. The maximum atomic E-state index is 5.30. The normalized spacial score (nSPS) is 17.9. The van der Waals surface area contributed by atoms with Gasteiger partial charge in [-0.05, 0) is 68.8 Å². The van der Waals surface area contributed by atoms with Crippen LogP contribution in [0.25, 0.3) is 22.3 Å². The van der Waals surface area contributed by atoms with Gasteiger partial charge in [-0.25, -0.2) is 9.98 Å². The standard InChI is InChI=1S/C47H37N5/c1-4-14-32(15-5-1)37-20-12-22-39(30-37)46-50-45(51-47(52-46)40-23-13-21-38(31-40)33-16-6-2-7-17-33)36-28-26-35(27-29-36)44-43(34-18-8-3-9-19-34)48-41-24-10-11-25-42(41)49-44/h1-31,44,46-47,49,52H,(H,50,51). The summed E-state index contributed by atoms with van der Waals surface area (Å²) in [6, 6.07) is 65.8. The number of aliphatic imine (C=N–C) groups is 2. The lowest BCUT2D eigenvalue weighted by atomic mass is 9.93. The van der Waals surface area contributed by atoms with Gasteiger partial charge in [-0.15, -0.1) is 0 Å². The van der Waals surface area contributed by atoms with E-state index in [4.69, 9.17) is 9.98 Å². The molecule has 5 nitrogen and oxygen atoms in total. The van der Waals surface area contributed by atoms with Crippen molar-refractivity contribution in [3.8, 4) is 22.3 Å². The monoisotopic (exact) mass is 671 g/mol. The minimum absolute atomic E-state index is 0.101. The van der Waals surface area contributed by atoms with E-state index in [1.54, 1.807) is 0 Å². The lowest BCUT2D eigenvalue weighted by molar-refractivity contribution is 0.409. The molecule has 0 aromatic heterocycles. The summed E-state index contributed by atoms with van der Waals surface area (Å²) >= 11 is 0. The third-order valence-corrected chi connectivity index (χ3v) is 9.81. The molecule has 0 amide bonds. The average Bonchev–Trinajstić information content (AvgIpc) is 3.24. The van der Waals surface area contributed by atoms with Crippen molar-refractivity contribution in [1.82, 2.24) is 10.6 Å². The first-order chi connectivity index (χ1) is 25.7. The van der Waals surface area contributed by atoms with Crippen molar-refractivity contribution >= 4 is 22.9 Å². The molecule has 3 unspecified atom stereocenters. The highest BCUT2D eigenvalue weighted by Gasteiger charge is 2.28. The fraction of sp³-hybridized carbons (Fsp3) is 0.0638. The second kappa shape index (κ2) is 14.0. The van der Waals surface area contributed by atoms with Crippen LogP contribution >= 0.6 is 0 Å². The van der Waals surface area contributed by atoms with Gasteiger partial charge in [-0.1, -0.05) is 164 Å². The lowest BCUT2D eigenvalue weighted by Crippen LogP contribution is -2.45. The smallest absolute Gasteiger partial charge is 0.131 e. The summed E-state index contributed by atoms with van der Waals surface area (Å²) in [7, 11) is 0. The van der Waals surface area contributed by atoms with E-state index in [9.17, 15) is 0 Å². The van der Waals surface area contributed by atoms with E-state index in [0.717, 1.165) is 50.7 Å². The molecule has 0 spiro atoms. The van der Waals surface area contributed by atoms with E-state index in [0.29, 0.717) is 0 Å². The molecule has 52 heavy (non-hydrogen) atoms. The summed E-state index contributed by atoms with van der Waals surface area (Å²) < 4.78 is 0. The van der Waals surface area contributed by atoms with E-state index >= 15 is 0 Å². The van der Waals surface area contributed by atoms with Crippen LogP contribution in [0.5, 0.6) is 0 Å². The Balaban J connectivity index is 1.08. The van der Waals surface area contributed by atoms with Crippen LogP contribution in [-0.2, 0) is 0 Å². The zero-order valence-electron chi connectivity index (χ0n) is 28.5. The molecule has 7 aromatic rings. The number of rotatable bonds is 7. The highest BCUT2D eigenvalue weighted by molar-refractivity contribution is 6.10. The van der Waals surface area contributed by atoms with Crippen LogP contribution in [0.15, 0.2) is 198 Å². The summed E-state index contributed by atoms with van der Waals surface area (Å²) in [5.41, 5.74) is 13.2. The number of amidine groups is 1. The number of nitrogens with zero attached hydrogens (tertiary/aromatic N) is 2. The van der Waals surface area contributed by atoms with Gasteiger partial charge in [0.15, 0.2) is 0 Å². The highest BCUT2D eigenvalue weighted by atomic mass is 15.3. The number of nitrogens with one attached hydrogen (secondary N) is 3. The molecule has 2 aliphatic rings. The van der Waals surface area contributed by atoms with Crippen molar-refractivity contribution in [2.24, 2.45) is 9.98 Å². The average molecular weight is 672 g/mol. The molecule has 250 valence electrons. The summed E-state index contributed by atoms with van der Waals surface area (Å²) in [5, 5.41) is 11.3. The van der Waals surface area contributed by atoms with Gasteiger partial charge < -0.3 is 10.6 Å². The fourth-order valence-electron chi connectivity index (χ4n) is 7.12. The van der Waals surface area contributed by atoms with Crippen LogP contribution in [0.2, 0.25) is 0 Å². The first-order valence-corrected chi connectivity index (χ1v) is 17.8. The lowest BCUT2D eigenvalue weighted by Gasteiger charge is -2.33. The summed E-state index contributed by atoms with van der Waals surface area (Å²) in [6.07, 6.45) is -0.437. The quantitative estimate of drug-likeness (QED) is 0.158. The second-order valence-corrected chi connectivity index (χ2v) is 13.2. The van der Waals surface area contributed by atoms with Crippen molar-refractivity contribution in [2.75, 3.05) is 5.32 Å². The number of para-hydroxylation sites is 2. The third kappa shape index (κ3) is 6.41. The molecular weight excluding hydrogens is 635 g/mol. The molecule has 0 bridgehead atoms. The predicted molar refractivity (Wildman–Crippen MR) is 214 cm³/mol. The van der Waals surface area contributed by atoms with Gasteiger partial charge in [0.1, 0.15) is 18.2 Å². The molecule has 0 saturated heterocycles. The van der Waals surface area contributed by atoms with Crippen molar-refractivity contribution in [3.05, 3.63) is 216 Å². The Morgan fingerprint density at radius 1 is 0.404 bits per heavy atom. The number of anilines is 1. The Kier molecular flexibility index (Phi) is 8.45. The van der Waals surface area contributed by atoms with E-state index in [2.05, 4.69) is 186 Å². The first kappa shape index (κ1) is 31.4. The Bertz CT molecular complexity index is 2390. The van der Waals surface area contributed by atoms with Crippen molar-refractivity contribution < 1.29 is 0 Å². The van der Waals surface area contributed by atoms with Crippen LogP contribution in [0.4, 0.5) is 11.4 Å². The molecular formula is C47H37N5. The SMILES string of the molecule is c1ccc(C2=Nc3ccccc3NC2c2ccc(C3=NC(c4cccc(-c5ccccc5)c4)NC(c4cccc(-c5ccccc5)c4)N3)cc2)cc1. The summed E-state index contributed by atoms with van der Waals surface area (Å²) in [5.74, 6) is 0.842. The van der Waals surface area contributed by atoms with E-state index < -0.39 is 0 Å². The number of hydrogen-bond donors (Lipinski definition) is 3. The minimum Gasteiger partial charge on any atom is -0.371 e. The number of fused-ring (bicyclic) bond motifs is 1. The van der Waals surface area contributed by atoms with E-state index in [1.807, 2.05) is 18.2 Å². The fourth-order valence-corrected chi connectivity index (χ4v) is 7.12. The van der Waals surface area contributed by atoms with Crippen LogP contribution in [-0.4, -0.2) is 11.5 Å². The second-order valence-electron chi connectivity index (χ2n) is 13.2. The third-order valence-electron chi connectivity index (χ3n) is 9.81. The van der Waals surface area contributed by atoms with Crippen LogP contribution in [0.3, 0.4) is 0 Å². The van der Waals surface area contributed by atoms with E-state index in [1.165, 1.54) is 22.3 Å². The Hall–Kier alpha value is -6.56. The zero-order valence-corrected chi connectivity index (χ0v) is 28.5.